The topological polar surface area (TPSA) is 29.3 Å². The summed E-state index contributed by atoms with van der Waals surface area (Å²) in [5, 5.41) is 0. The van der Waals surface area contributed by atoms with E-state index >= 15 is 0 Å². The van der Waals surface area contributed by atoms with Crippen LogP contribution in [0.15, 0.2) is 0 Å². The summed E-state index contributed by atoms with van der Waals surface area (Å²) in [5.74, 6) is 1.01. The summed E-state index contributed by atoms with van der Waals surface area (Å²) in [6.45, 7) is 4.32. The van der Waals surface area contributed by atoms with Gasteiger partial charge in [0.25, 0.3) is 0 Å². The first kappa shape index (κ1) is 14.0. The summed E-state index contributed by atoms with van der Waals surface area (Å²) in [6, 6.07) is 0.827. The molecule has 2 unspecified atom stereocenters. The van der Waals surface area contributed by atoms with Crippen molar-refractivity contribution in [3.63, 3.8) is 0 Å². The average Bonchev–Trinajstić information content (AvgIpc) is 2.52. The van der Waals surface area contributed by atoms with Crippen LogP contribution in [-0.4, -0.2) is 31.1 Å². The number of nitrogens with two attached hydrogens (primary N) is 1. The quantitative estimate of drug-likeness (QED) is 0.705. The first-order chi connectivity index (χ1) is 7.77. The number of nitrogens with zero attached hydrogens (tertiary/aromatic N) is 1. The van der Waals surface area contributed by atoms with Crippen molar-refractivity contribution in [3.8, 4) is 0 Å². The zero-order valence-corrected chi connectivity index (χ0v) is 11.3. The molecule has 1 saturated carbocycles. The van der Waals surface area contributed by atoms with E-state index in [1.807, 2.05) is 0 Å². The number of hydrogen-bond acceptors (Lipinski definition) is 2. The fraction of sp³-hybridized carbons (Fsp3) is 1.00. The summed E-state index contributed by atoms with van der Waals surface area (Å²) >= 11 is 0. The Morgan fingerprint density at radius 3 is 2.69 bits per heavy atom. The molecule has 2 nitrogen and oxygen atoms in total. The van der Waals surface area contributed by atoms with Crippen LogP contribution in [0.5, 0.6) is 0 Å². The molecule has 0 radical (unpaired) electrons. The Labute approximate surface area is 102 Å². The third kappa shape index (κ3) is 4.84. The van der Waals surface area contributed by atoms with E-state index in [9.17, 15) is 0 Å². The molecule has 2 atom stereocenters. The largest absolute Gasteiger partial charge is 0.330 e. The van der Waals surface area contributed by atoms with Crippen LogP contribution in [0.1, 0.15) is 58.3 Å². The first-order valence-corrected chi connectivity index (χ1v) is 7.18. The third-order valence-electron chi connectivity index (χ3n) is 4.09. The first-order valence-electron chi connectivity index (χ1n) is 7.18. The molecule has 1 fully saturated rings. The van der Waals surface area contributed by atoms with Crippen LogP contribution in [0.4, 0.5) is 0 Å². The van der Waals surface area contributed by atoms with Crippen molar-refractivity contribution < 1.29 is 0 Å². The highest BCUT2D eigenvalue weighted by Crippen LogP contribution is 2.28. The molecule has 2 N–H and O–H groups in total. The van der Waals surface area contributed by atoms with Crippen LogP contribution in [0.3, 0.4) is 0 Å². The fourth-order valence-electron chi connectivity index (χ4n) is 3.02. The van der Waals surface area contributed by atoms with Crippen LogP contribution in [0.25, 0.3) is 0 Å². The predicted molar refractivity (Wildman–Crippen MR) is 71.6 cm³/mol. The Hall–Kier alpha value is -0.0800. The average molecular weight is 226 g/mol. The van der Waals surface area contributed by atoms with Crippen molar-refractivity contribution in [2.45, 2.75) is 64.3 Å². The van der Waals surface area contributed by atoms with Crippen molar-refractivity contribution in [2.24, 2.45) is 11.7 Å². The van der Waals surface area contributed by atoms with Gasteiger partial charge in [-0.2, -0.15) is 0 Å². The second-order valence-electron chi connectivity index (χ2n) is 5.44. The van der Waals surface area contributed by atoms with Gasteiger partial charge in [0, 0.05) is 6.04 Å². The van der Waals surface area contributed by atoms with Crippen molar-refractivity contribution in [1.29, 1.82) is 0 Å². The molecule has 0 bridgehead atoms. The molecule has 0 aromatic carbocycles. The summed E-state index contributed by atoms with van der Waals surface area (Å²) in [4.78, 5) is 2.54. The maximum Gasteiger partial charge on any atom is 0.00923 e. The van der Waals surface area contributed by atoms with Gasteiger partial charge in [0.1, 0.15) is 0 Å². The Morgan fingerprint density at radius 1 is 1.19 bits per heavy atom. The highest BCUT2D eigenvalue weighted by Gasteiger charge is 2.20. The second-order valence-corrected chi connectivity index (χ2v) is 5.44. The monoisotopic (exact) mass is 226 g/mol. The van der Waals surface area contributed by atoms with E-state index in [-0.39, 0.29) is 0 Å². The van der Waals surface area contributed by atoms with E-state index < -0.39 is 0 Å². The highest BCUT2D eigenvalue weighted by molar-refractivity contribution is 4.76. The normalized spacial score (nSPS) is 27.0. The van der Waals surface area contributed by atoms with Crippen LogP contribution in [-0.2, 0) is 0 Å². The third-order valence-corrected chi connectivity index (χ3v) is 4.09. The lowest BCUT2D eigenvalue weighted by Crippen LogP contribution is -2.33. The maximum absolute atomic E-state index is 5.57. The van der Waals surface area contributed by atoms with Gasteiger partial charge in [0.15, 0.2) is 0 Å². The lowest BCUT2D eigenvalue weighted by Gasteiger charge is -2.27. The molecule has 0 aromatic rings. The standard InChI is InChI=1S/C14H30N2/c1-3-6-13-7-4-8-14(10-9-13)16(2)12-5-11-15/h13-14H,3-12,15H2,1-2H3. The van der Waals surface area contributed by atoms with E-state index in [1.54, 1.807) is 0 Å². The van der Waals surface area contributed by atoms with Gasteiger partial charge in [-0.05, 0) is 51.7 Å². The maximum atomic E-state index is 5.57. The minimum absolute atomic E-state index is 0.827. The van der Waals surface area contributed by atoms with E-state index in [1.165, 1.54) is 51.5 Å². The molecular formula is C14H30N2. The Bertz CT molecular complexity index is 170. The molecule has 0 amide bonds. The van der Waals surface area contributed by atoms with Gasteiger partial charge in [0.2, 0.25) is 0 Å². The van der Waals surface area contributed by atoms with Crippen LogP contribution < -0.4 is 5.73 Å². The van der Waals surface area contributed by atoms with E-state index in [2.05, 4.69) is 18.9 Å². The van der Waals surface area contributed by atoms with E-state index in [0.29, 0.717) is 0 Å². The molecule has 1 aliphatic carbocycles. The summed E-state index contributed by atoms with van der Waals surface area (Å²) in [5.41, 5.74) is 5.57. The summed E-state index contributed by atoms with van der Waals surface area (Å²) < 4.78 is 0. The SMILES string of the molecule is CCCC1CCCC(N(C)CCCN)CC1. The smallest absolute Gasteiger partial charge is 0.00923 e. The van der Waals surface area contributed by atoms with Gasteiger partial charge < -0.3 is 10.6 Å². The van der Waals surface area contributed by atoms with Crippen LogP contribution in [0, 0.1) is 5.92 Å². The van der Waals surface area contributed by atoms with Crippen molar-refractivity contribution in [1.82, 2.24) is 4.90 Å². The van der Waals surface area contributed by atoms with Gasteiger partial charge in [0.05, 0.1) is 0 Å². The van der Waals surface area contributed by atoms with Gasteiger partial charge in [-0.15, -0.1) is 0 Å². The summed E-state index contributed by atoms with van der Waals surface area (Å²) in [7, 11) is 2.28. The lowest BCUT2D eigenvalue weighted by atomic mass is 9.95. The van der Waals surface area contributed by atoms with Gasteiger partial charge in [-0.1, -0.05) is 32.6 Å². The van der Waals surface area contributed by atoms with Crippen molar-refractivity contribution in [2.75, 3.05) is 20.1 Å². The number of rotatable bonds is 6. The molecule has 2 heteroatoms. The highest BCUT2D eigenvalue weighted by atomic mass is 15.1. The van der Waals surface area contributed by atoms with E-state index in [0.717, 1.165) is 24.9 Å². The minimum Gasteiger partial charge on any atom is -0.330 e. The molecule has 0 heterocycles. The minimum atomic E-state index is 0.827. The molecule has 0 spiro atoms. The molecule has 1 rings (SSSR count). The molecule has 0 saturated heterocycles. The molecule has 96 valence electrons. The number of hydrogen-bond donors (Lipinski definition) is 1. The Morgan fingerprint density at radius 2 is 2.00 bits per heavy atom. The summed E-state index contributed by atoms with van der Waals surface area (Å²) in [6.07, 6.45) is 11.1. The van der Waals surface area contributed by atoms with Crippen LogP contribution >= 0.6 is 0 Å². The van der Waals surface area contributed by atoms with Gasteiger partial charge in [-0.25, -0.2) is 0 Å². The zero-order valence-electron chi connectivity index (χ0n) is 11.3. The van der Waals surface area contributed by atoms with E-state index in [4.69, 9.17) is 5.73 Å². The zero-order chi connectivity index (χ0) is 11.8. The van der Waals surface area contributed by atoms with Gasteiger partial charge in [-0.3, -0.25) is 0 Å². The lowest BCUT2D eigenvalue weighted by molar-refractivity contribution is 0.217. The molecular weight excluding hydrogens is 196 g/mol. The molecule has 16 heavy (non-hydrogen) atoms. The van der Waals surface area contributed by atoms with Crippen LogP contribution in [0.2, 0.25) is 0 Å². The van der Waals surface area contributed by atoms with Gasteiger partial charge >= 0.3 is 0 Å². The predicted octanol–water partition coefficient (Wildman–Crippen LogP) is 3.02. The Kier molecular flexibility index (Phi) is 7.06. The molecule has 0 aromatic heterocycles. The molecule has 1 aliphatic rings. The second kappa shape index (κ2) is 8.08. The molecule has 0 aliphatic heterocycles. The van der Waals surface area contributed by atoms with Crippen molar-refractivity contribution >= 4 is 0 Å². The van der Waals surface area contributed by atoms with Crippen molar-refractivity contribution in [3.05, 3.63) is 0 Å². The Balaban J connectivity index is 2.28. The fourth-order valence-corrected chi connectivity index (χ4v) is 3.02.